The normalized spacial score (nSPS) is 10.2. The number of nitrogens with zero attached hydrogens (tertiary/aromatic N) is 2. The largest absolute Gasteiger partial charge is 0.495 e. The summed E-state index contributed by atoms with van der Waals surface area (Å²) in [5, 5.41) is 24.9. The van der Waals surface area contributed by atoms with Gasteiger partial charge in [0.1, 0.15) is 11.5 Å². The Morgan fingerprint density at radius 1 is 1.04 bits per heavy atom. The molecule has 0 fully saturated rings. The number of hydrogen-bond donors (Lipinski definition) is 1. The molecule has 142 valence electrons. The molecule has 0 aliphatic heterocycles. The van der Waals surface area contributed by atoms with E-state index >= 15 is 0 Å². The van der Waals surface area contributed by atoms with Crippen LogP contribution in [-0.4, -0.2) is 30.0 Å². The number of halogens is 1. The summed E-state index contributed by atoms with van der Waals surface area (Å²) in [5.41, 5.74) is -1.15. The Morgan fingerprint density at radius 2 is 1.67 bits per heavy atom. The maximum absolute atomic E-state index is 12.7. The molecule has 0 aliphatic rings. The maximum Gasteiger partial charge on any atom is 0.279 e. The fourth-order valence-corrected chi connectivity index (χ4v) is 2.59. The van der Waals surface area contributed by atoms with Gasteiger partial charge in [0.25, 0.3) is 17.3 Å². The van der Waals surface area contributed by atoms with Crippen LogP contribution in [-0.2, 0) is 0 Å². The van der Waals surface area contributed by atoms with Gasteiger partial charge in [0, 0.05) is 23.8 Å². The number of nitrogens with one attached hydrogen (secondary N) is 1. The molecule has 0 aromatic heterocycles. The van der Waals surface area contributed by atoms with Crippen molar-refractivity contribution >= 4 is 34.6 Å². The summed E-state index contributed by atoms with van der Waals surface area (Å²) in [6.07, 6.45) is 0. The first-order valence-electron chi connectivity index (χ1n) is 7.35. The number of benzene rings is 2. The summed E-state index contributed by atoms with van der Waals surface area (Å²) >= 11 is 6.00. The van der Waals surface area contributed by atoms with Crippen LogP contribution in [0.3, 0.4) is 0 Å². The van der Waals surface area contributed by atoms with Gasteiger partial charge in [0.05, 0.1) is 46.4 Å². The van der Waals surface area contributed by atoms with Crippen LogP contribution in [0.5, 0.6) is 11.5 Å². The molecule has 0 heterocycles. The van der Waals surface area contributed by atoms with Crippen LogP contribution in [0.2, 0.25) is 5.02 Å². The minimum Gasteiger partial charge on any atom is -0.495 e. The number of carbonyl (C=O) groups excluding carboxylic acids is 1. The second kappa shape index (κ2) is 7.87. The van der Waals surface area contributed by atoms with Crippen LogP contribution in [0, 0.1) is 27.2 Å². The maximum atomic E-state index is 12.7. The highest BCUT2D eigenvalue weighted by Gasteiger charge is 2.25. The minimum atomic E-state index is -0.810. The van der Waals surface area contributed by atoms with Gasteiger partial charge >= 0.3 is 0 Å². The third kappa shape index (κ3) is 4.06. The van der Waals surface area contributed by atoms with E-state index in [4.69, 9.17) is 21.1 Å². The van der Waals surface area contributed by atoms with Crippen LogP contribution in [0.25, 0.3) is 0 Å². The summed E-state index contributed by atoms with van der Waals surface area (Å²) < 4.78 is 10.2. The van der Waals surface area contributed by atoms with Crippen LogP contribution in [0.15, 0.2) is 24.3 Å². The van der Waals surface area contributed by atoms with E-state index in [0.717, 1.165) is 12.1 Å². The molecule has 0 spiro atoms. The van der Waals surface area contributed by atoms with E-state index < -0.39 is 27.1 Å². The molecule has 11 heteroatoms. The number of non-ortho nitro benzene ring substituents is 1. The number of carbonyl (C=O) groups is 1. The molecule has 10 nitrogen and oxygen atoms in total. The first-order valence-corrected chi connectivity index (χ1v) is 7.73. The van der Waals surface area contributed by atoms with Crippen molar-refractivity contribution in [2.75, 3.05) is 19.5 Å². The zero-order valence-electron chi connectivity index (χ0n) is 14.4. The average Bonchev–Trinajstić information content (AvgIpc) is 2.62. The zero-order valence-corrected chi connectivity index (χ0v) is 15.2. The van der Waals surface area contributed by atoms with E-state index in [-0.39, 0.29) is 33.3 Å². The Morgan fingerprint density at radius 3 is 2.19 bits per heavy atom. The predicted molar refractivity (Wildman–Crippen MR) is 97.0 cm³/mol. The molecule has 2 aromatic carbocycles. The molecule has 0 bridgehead atoms. The summed E-state index contributed by atoms with van der Waals surface area (Å²) in [5.74, 6) is -0.316. The second-order valence-corrected chi connectivity index (χ2v) is 5.70. The highest BCUT2D eigenvalue weighted by atomic mass is 35.5. The fourth-order valence-electron chi connectivity index (χ4n) is 2.36. The molecule has 1 N–H and O–H groups in total. The van der Waals surface area contributed by atoms with Crippen LogP contribution < -0.4 is 14.8 Å². The first-order chi connectivity index (χ1) is 12.7. The number of nitro groups is 2. The third-order valence-corrected chi connectivity index (χ3v) is 4.03. The second-order valence-electron chi connectivity index (χ2n) is 5.29. The summed E-state index contributed by atoms with van der Waals surface area (Å²) in [6.45, 7) is 1.33. The monoisotopic (exact) mass is 395 g/mol. The van der Waals surface area contributed by atoms with Crippen molar-refractivity contribution in [3.63, 3.8) is 0 Å². The average molecular weight is 396 g/mol. The number of ether oxygens (including phenoxy) is 2. The highest BCUT2D eigenvalue weighted by Crippen LogP contribution is 2.36. The van der Waals surface area contributed by atoms with Crippen molar-refractivity contribution in [1.82, 2.24) is 0 Å². The van der Waals surface area contributed by atoms with Crippen molar-refractivity contribution in [3.05, 3.63) is 60.6 Å². The van der Waals surface area contributed by atoms with Gasteiger partial charge in [-0.15, -0.1) is 0 Å². The molecule has 0 atom stereocenters. The molecule has 0 saturated carbocycles. The van der Waals surface area contributed by atoms with Crippen LogP contribution in [0.1, 0.15) is 15.9 Å². The predicted octanol–water partition coefficient (Wildman–Crippen LogP) is 3.73. The number of amides is 1. The molecule has 0 unspecified atom stereocenters. The van der Waals surface area contributed by atoms with Crippen molar-refractivity contribution in [3.8, 4) is 11.5 Å². The van der Waals surface area contributed by atoms with Crippen molar-refractivity contribution in [1.29, 1.82) is 0 Å². The van der Waals surface area contributed by atoms with Crippen molar-refractivity contribution in [2.24, 2.45) is 0 Å². The lowest BCUT2D eigenvalue weighted by Gasteiger charge is -2.14. The smallest absolute Gasteiger partial charge is 0.279 e. The van der Waals surface area contributed by atoms with E-state index in [2.05, 4.69) is 5.32 Å². The van der Waals surface area contributed by atoms with Gasteiger partial charge in [0.15, 0.2) is 0 Å². The lowest BCUT2D eigenvalue weighted by atomic mass is 10.0. The SMILES string of the molecule is COc1cc(NC(=O)c2cc([N+](=O)[O-])cc([N+](=O)[O-])c2C)c(OC)cc1Cl. The van der Waals surface area contributed by atoms with Crippen LogP contribution in [0.4, 0.5) is 17.1 Å². The van der Waals surface area contributed by atoms with Gasteiger partial charge in [-0.25, -0.2) is 0 Å². The minimum absolute atomic E-state index is 0.0111. The van der Waals surface area contributed by atoms with Gasteiger partial charge < -0.3 is 14.8 Å². The Bertz CT molecular complexity index is 946. The number of nitro benzene ring substituents is 2. The van der Waals surface area contributed by atoms with E-state index in [0.29, 0.717) is 0 Å². The molecule has 0 saturated heterocycles. The molecule has 2 aromatic rings. The summed E-state index contributed by atoms with van der Waals surface area (Å²) in [7, 11) is 2.74. The number of hydrogen-bond acceptors (Lipinski definition) is 7. The van der Waals surface area contributed by atoms with E-state index in [1.165, 1.54) is 33.3 Å². The Balaban J connectivity index is 2.53. The van der Waals surface area contributed by atoms with E-state index in [9.17, 15) is 25.0 Å². The molecular weight excluding hydrogens is 382 g/mol. The standard InChI is InChI=1S/C16H14ClN3O7/c1-8-10(4-9(19(22)23)5-13(8)20(24)25)16(21)18-12-7-14(26-2)11(17)6-15(12)27-3/h4-7H,1-3H3,(H,18,21). The molecule has 0 radical (unpaired) electrons. The lowest BCUT2D eigenvalue weighted by Crippen LogP contribution is -2.15. The van der Waals surface area contributed by atoms with Gasteiger partial charge in [0.2, 0.25) is 0 Å². The molecule has 0 aliphatic carbocycles. The lowest BCUT2D eigenvalue weighted by molar-refractivity contribution is -0.394. The number of anilines is 1. The van der Waals surface area contributed by atoms with Gasteiger partial charge in [-0.3, -0.25) is 25.0 Å². The topological polar surface area (TPSA) is 134 Å². The van der Waals surface area contributed by atoms with Gasteiger partial charge in [-0.05, 0) is 6.92 Å². The third-order valence-electron chi connectivity index (χ3n) is 3.74. The highest BCUT2D eigenvalue weighted by molar-refractivity contribution is 6.32. The molecule has 27 heavy (non-hydrogen) atoms. The van der Waals surface area contributed by atoms with Gasteiger partial charge in [-0.2, -0.15) is 0 Å². The Labute approximate surface area is 157 Å². The van der Waals surface area contributed by atoms with Crippen LogP contribution >= 0.6 is 11.6 Å². The Kier molecular flexibility index (Phi) is 5.81. The van der Waals surface area contributed by atoms with E-state index in [1.54, 1.807) is 0 Å². The fraction of sp³-hybridized carbons (Fsp3) is 0.188. The van der Waals surface area contributed by atoms with Gasteiger partial charge in [-0.1, -0.05) is 11.6 Å². The van der Waals surface area contributed by atoms with Crippen molar-refractivity contribution < 1.29 is 24.1 Å². The van der Waals surface area contributed by atoms with Crippen molar-refractivity contribution in [2.45, 2.75) is 6.92 Å². The summed E-state index contributed by atoms with van der Waals surface area (Å²) in [6, 6.07) is 4.59. The first kappa shape index (κ1) is 19.9. The molecule has 2 rings (SSSR count). The van der Waals surface area contributed by atoms with E-state index in [1.807, 2.05) is 0 Å². The quantitative estimate of drug-likeness (QED) is 0.581. The molecule has 1 amide bonds. The number of methoxy groups -OCH3 is 2. The Hall–Kier alpha value is -3.40. The number of rotatable bonds is 6. The summed E-state index contributed by atoms with van der Waals surface area (Å²) in [4.78, 5) is 33.2. The molecular formula is C16H14ClN3O7. The zero-order chi connectivity index (χ0) is 20.3.